The van der Waals surface area contributed by atoms with E-state index in [-0.39, 0.29) is 5.92 Å². The fraction of sp³-hybridized carbons (Fsp3) is 0.697. The van der Waals surface area contributed by atoms with Crippen molar-refractivity contribution < 1.29 is 8.78 Å². The zero-order valence-electron chi connectivity index (χ0n) is 22.1. The van der Waals surface area contributed by atoms with Gasteiger partial charge in [-0.25, -0.2) is 0 Å². The van der Waals surface area contributed by atoms with E-state index in [1.54, 1.807) is 0 Å². The van der Waals surface area contributed by atoms with Crippen LogP contribution in [-0.2, 0) is 0 Å². The summed E-state index contributed by atoms with van der Waals surface area (Å²) in [7, 11) is 0. The first-order chi connectivity index (χ1) is 17.1. The van der Waals surface area contributed by atoms with E-state index in [1.165, 1.54) is 88.2 Å². The van der Waals surface area contributed by atoms with Crippen LogP contribution in [0.3, 0.4) is 0 Å². The topological polar surface area (TPSA) is 0 Å². The first-order valence-corrected chi connectivity index (χ1v) is 14.9. The van der Waals surface area contributed by atoms with E-state index in [0.717, 1.165) is 55.4 Å². The maximum atomic E-state index is 12.5. The van der Waals surface area contributed by atoms with Crippen LogP contribution in [0.2, 0.25) is 0 Å². The highest BCUT2D eigenvalue weighted by molar-refractivity contribution is 5.50. The Morgan fingerprint density at radius 2 is 1.34 bits per heavy atom. The van der Waals surface area contributed by atoms with Crippen molar-refractivity contribution in [3.05, 3.63) is 53.6 Å². The minimum Gasteiger partial charge on any atom is -0.174 e. The summed E-state index contributed by atoms with van der Waals surface area (Å²) in [6.45, 7) is 2.31. The second kappa shape index (κ2) is 13.8. The highest BCUT2D eigenvalue weighted by atomic mass is 19.3. The Labute approximate surface area is 213 Å². The number of rotatable bonds is 9. The van der Waals surface area contributed by atoms with Crippen LogP contribution in [0, 0.1) is 29.6 Å². The minimum absolute atomic E-state index is 0.0686. The van der Waals surface area contributed by atoms with Crippen LogP contribution >= 0.6 is 0 Å². The molecule has 0 spiro atoms. The maximum Gasteiger partial charge on any atom is 0.266 e. The molecule has 0 heterocycles. The van der Waals surface area contributed by atoms with Gasteiger partial charge in [0.05, 0.1) is 0 Å². The van der Waals surface area contributed by atoms with Gasteiger partial charge >= 0.3 is 0 Å². The maximum absolute atomic E-state index is 12.5. The Hall–Kier alpha value is -1.44. The smallest absolute Gasteiger partial charge is 0.174 e. The number of hydrogen-bond donors (Lipinski definition) is 0. The summed E-state index contributed by atoms with van der Waals surface area (Å²) in [6.07, 6.45) is 25.6. The lowest BCUT2D eigenvalue weighted by Crippen LogP contribution is -2.25. The number of halogens is 2. The molecule has 0 nitrogen and oxygen atoms in total. The van der Waals surface area contributed by atoms with Crippen LogP contribution in [0.4, 0.5) is 8.78 Å². The third kappa shape index (κ3) is 8.29. The molecule has 35 heavy (non-hydrogen) atoms. The van der Waals surface area contributed by atoms with Crippen LogP contribution in [0.15, 0.2) is 42.5 Å². The van der Waals surface area contributed by atoms with Crippen molar-refractivity contribution in [3.63, 3.8) is 0 Å². The molecule has 0 saturated heterocycles. The molecule has 3 fully saturated rings. The van der Waals surface area contributed by atoms with Gasteiger partial charge in [0.1, 0.15) is 0 Å². The van der Waals surface area contributed by atoms with Gasteiger partial charge in [0.2, 0.25) is 0 Å². The van der Waals surface area contributed by atoms with Gasteiger partial charge in [0.25, 0.3) is 6.08 Å². The van der Waals surface area contributed by atoms with Crippen molar-refractivity contribution in [2.75, 3.05) is 0 Å². The third-order valence-corrected chi connectivity index (χ3v) is 9.69. The van der Waals surface area contributed by atoms with Crippen molar-refractivity contribution in [2.45, 2.75) is 116 Å². The molecule has 1 aromatic rings. The highest BCUT2D eigenvalue weighted by Gasteiger charge is 2.30. The van der Waals surface area contributed by atoms with E-state index in [4.69, 9.17) is 0 Å². The average molecular weight is 483 g/mol. The molecular formula is C33H48F2. The first-order valence-electron chi connectivity index (χ1n) is 14.9. The first kappa shape index (κ1) is 26.6. The molecule has 0 radical (unpaired) electrons. The second-order valence-corrected chi connectivity index (χ2v) is 12.0. The van der Waals surface area contributed by atoms with Crippen molar-refractivity contribution in [1.29, 1.82) is 0 Å². The fourth-order valence-electron chi connectivity index (χ4n) is 7.36. The van der Waals surface area contributed by atoms with Crippen molar-refractivity contribution in [1.82, 2.24) is 0 Å². The molecule has 0 atom stereocenters. The number of benzene rings is 1. The summed E-state index contributed by atoms with van der Waals surface area (Å²) in [4.78, 5) is 0. The fourth-order valence-corrected chi connectivity index (χ4v) is 7.36. The predicted octanol–water partition coefficient (Wildman–Crippen LogP) is 10.9. The standard InChI is InChI=1S/C33H48F2/c1-2-3-4-5-25-8-16-29(17-9-25)30-18-10-26(11-19-30)6-7-27-12-20-31(21-13-27)32-22-14-28(15-23-32)24-33(34)35/h6-7,12-13,20-21,24-26,28-30,32H,2-5,8-11,14-19,22-23H2,1H3/b7-6+. The van der Waals surface area contributed by atoms with E-state index in [0.29, 0.717) is 5.92 Å². The second-order valence-electron chi connectivity index (χ2n) is 12.0. The van der Waals surface area contributed by atoms with Crippen LogP contribution in [0.5, 0.6) is 0 Å². The summed E-state index contributed by atoms with van der Waals surface area (Å²) in [5, 5.41) is 0. The Morgan fingerprint density at radius 3 is 1.94 bits per heavy atom. The Balaban J connectivity index is 1.16. The molecule has 0 unspecified atom stereocenters. The molecule has 1 aromatic carbocycles. The van der Waals surface area contributed by atoms with Gasteiger partial charge in [-0.05, 0) is 117 Å². The molecule has 0 amide bonds. The van der Waals surface area contributed by atoms with Crippen molar-refractivity contribution in [3.8, 4) is 0 Å². The van der Waals surface area contributed by atoms with Gasteiger partial charge in [-0.3, -0.25) is 0 Å². The molecule has 0 N–H and O–H groups in total. The minimum atomic E-state index is -1.52. The summed E-state index contributed by atoms with van der Waals surface area (Å²) in [5.41, 5.74) is 2.68. The van der Waals surface area contributed by atoms with Gasteiger partial charge in [0.15, 0.2) is 0 Å². The molecule has 3 aliphatic carbocycles. The van der Waals surface area contributed by atoms with Crippen LogP contribution < -0.4 is 0 Å². The van der Waals surface area contributed by atoms with Crippen molar-refractivity contribution in [2.24, 2.45) is 29.6 Å². The van der Waals surface area contributed by atoms with E-state index >= 15 is 0 Å². The molecular weight excluding hydrogens is 434 g/mol. The Bertz CT molecular complexity index is 779. The monoisotopic (exact) mass is 482 g/mol. The van der Waals surface area contributed by atoms with E-state index in [1.807, 2.05) is 0 Å². The number of unbranched alkanes of at least 4 members (excludes halogenated alkanes) is 2. The lowest BCUT2D eigenvalue weighted by atomic mass is 9.68. The third-order valence-electron chi connectivity index (χ3n) is 9.69. The van der Waals surface area contributed by atoms with E-state index in [2.05, 4.69) is 43.3 Å². The summed E-state index contributed by atoms with van der Waals surface area (Å²) < 4.78 is 25.0. The van der Waals surface area contributed by atoms with E-state index < -0.39 is 6.08 Å². The van der Waals surface area contributed by atoms with Crippen LogP contribution in [-0.4, -0.2) is 0 Å². The van der Waals surface area contributed by atoms with Gasteiger partial charge in [0, 0.05) is 0 Å². The van der Waals surface area contributed by atoms with Gasteiger partial charge < -0.3 is 0 Å². The normalized spacial score (nSPS) is 32.0. The average Bonchev–Trinajstić information content (AvgIpc) is 2.89. The number of hydrogen-bond acceptors (Lipinski definition) is 0. The molecule has 2 heteroatoms. The van der Waals surface area contributed by atoms with Crippen molar-refractivity contribution >= 4 is 6.08 Å². The zero-order chi connectivity index (χ0) is 24.5. The quantitative estimate of drug-likeness (QED) is 0.307. The van der Waals surface area contributed by atoms with Gasteiger partial charge in [-0.1, -0.05) is 81.9 Å². The SMILES string of the molecule is CCCCCC1CCC(C2CCC(/C=C/c3ccc(C4CCC(C=C(F)F)CC4)cc3)CC2)CC1. The predicted molar refractivity (Wildman–Crippen MR) is 146 cm³/mol. The molecule has 4 rings (SSSR count). The molecule has 0 aliphatic heterocycles. The molecule has 3 aliphatic rings. The molecule has 3 saturated carbocycles. The molecule has 0 bridgehead atoms. The molecule has 0 aromatic heterocycles. The molecule has 194 valence electrons. The van der Waals surface area contributed by atoms with E-state index in [9.17, 15) is 8.78 Å². The lowest BCUT2D eigenvalue weighted by molar-refractivity contribution is 0.151. The summed E-state index contributed by atoms with van der Waals surface area (Å²) >= 11 is 0. The summed E-state index contributed by atoms with van der Waals surface area (Å²) in [5.74, 6) is 4.37. The largest absolute Gasteiger partial charge is 0.266 e. The lowest BCUT2D eigenvalue weighted by Gasteiger charge is -2.37. The number of allylic oxidation sites excluding steroid dienone is 2. The highest BCUT2D eigenvalue weighted by Crippen LogP contribution is 2.43. The van der Waals surface area contributed by atoms with Gasteiger partial charge in [-0.15, -0.1) is 0 Å². The Morgan fingerprint density at radius 1 is 0.743 bits per heavy atom. The van der Waals surface area contributed by atoms with Crippen LogP contribution in [0.1, 0.15) is 127 Å². The Kier molecular flexibility index (Phi) is 10.5. The zero-order valence-corrected chi connectivity index (χ0v) is 22.1. The van der Waals surface area contributed by atoms with Gasteiger partial charge in [-0.2, -0.15) is 8.78 Å². The summed E-state index contributed by atoms with van der Waals surface area (Å²) in [6, 6.07) is 9.05. The van der Waals surface area contributed by atoms with Crippen LogP contribution in [0.25, 0.3) is 6.08 Å².